The monoisotopic (exact) mass is 258 g/mol. The maximum Gasteiger partial charge on any atom is 0.230 e. The van der Waals surface area contributed by atoms with E-state index in [-0.39, 0.29) is 11.8 Å². The van der Waals surface area contributed by atoms with Crippen LogP contribution in [0.5, 0.6) is 0 Å². The summed E-state index contributed by atoms with van der Waals surface area (Å²) in [6, 6.07) is 7.65. The summed E-state index contributed by atoms with van der Waals surface area (Å²) in [7, 11) is 0. The molecule has 2 amide bonds. The van der Waals surface area contributed by atoms with E-state index in [1.807, 2.05) is 24.4 Å². The molecule has 1 heterocycles. The van der Waals surface area contributed by atoms with Gasteiger partial charge in [-0.1, -0.05) is 13.0 Å². The summed E-state index contributed by atoms with van der Waals surface area (Å²) in [6.07, 6.45) is 3.03. The molecule has 19 heavy (non-hydrogen) atoms. The van der Waals surface area contributed by atoms with E-state index < -0.39 is 0 Å². The van der Waals surface area contributed by atoms with Crippen molar-refractivity contribution >= 4 is 28.4 Å². The van der Waals surface area contributed by atoms with Crippen LogP contribution in [0.1, 0.15) is 27.2 Å². The van der Waals surface area contributed by atoms with Gasteiger partial charge in [-0.15, -0.1) is 0 Å². The van der Waals surface area contributed by atoms with Gasteiger partial charge in [-0.2, -0.15) is 0 Å². The second-order valence-electron chi connectivity index (χ2n) is 4.59. The first-order valence-corrected chi connectivity index (χ1v) is 6.45. The molecular formula is C15H18N2O2. The number of hydrogen-bond acceptors (Lipinski definition) is 2. The molecule has 0 saturated heterocycles. The van der Waals surface area contributed by atoms with Crippen molar-refractivity contribution < 1.29 is 9.59 Å². The molecule has 0 aliphatic heterocycles. The molecule has 0 unspecified atom stereocenters. The molecule has 1 aromatic heterocycles. The van der Waals surface area contributed by atoms with Crippen LogP contribution in [0.2, 0.25) is 0 Å². The van der Waals surface area contributed by atoms with Gasteiger partial charge in [0.2, 0.25) is 11.8 Å². The molecular weight excluding hydrogens is 240 g/mol. The molecule has 100 valence electrons. The van der Waals surface area contributed by atoms with Gasteiger partial charge in [0, 0.05) is 32.0 Å². The van der Waals surface area contributed by atoms with Gasteiger partial charge in [0.15, 0.2) is 0 Å². The summed E-state index contributed by atoms with van der Waals surface area (Å²) in [6.45, 7) is 5.85. The molecule has 4 heteroatoms. The Morgan fingerprint density at radius 1 is 1.16 bits per heavy atom. The highest BCUT2D eigenvalue weighted by molar-refractivity contribution is 6.17. The van der Waals surface area contributed by atoms with E-state index >= 15 is 0 Å². The Kier molecular flexibility index (Phi) is 3.69. The van der Waals surface area contributed by atoms with Crippen LogP contribution in [0, 0.1) is 0 Å². The summed E-state index contributed by atoms with van der Waals surface area (Å²) >= 11 is 0. The first-order chi connectivity index (χ1) is 9.06. The lowest BCUT2D eigenvalue weighted by Crippen LogP contribution is -2.33. The number of anilines is 1. The highest BCUT2D eigenvalue weighted by Crippen LogP contribution is 2.28. The van der Waals surface area contributed by atoms with Crippen molar-refractivity contribution in [2.75, 3.05) is 4.90 Å². The minimum absolute atomic E-state index is 0.261. The fraction of sp³-hybridized carbons (Fsp3) is 0.333. The number of aryl methyl sites for hydroxylation is 1. The predicted octanol–water partition coefficient (Wildman–Crippen LogP) is 2.95. The van der Waals surface area contributed by atoms with Gasteiger partial charge in [-0.25, -0.2) is 0 Å². The maximum atomic E-state index is 11.7. The number of fused-ring (bicyclic) bond motifs is 1. The number of carbonyl (C=O) groups is 2. The Balaban J connectivity index is 2.61. The van der Waals surface area contributed by atoms with Gasteiger partial charge in [0.25, 0.3) is 0 Å². The number of benzene rings is 1. The summed E-state index contributed by atoms with van der Waals surface area (Å²) in [4.78, 5) is 24.5. The second-order valence-corrected chi connectivity index (χ2v) is 4.59. The molecule has 0 bridgehead atoms. The fourth-order valence-corrected chi connectivity index (χ4v) is 2.40. The molecule has 1 aromatic carbocycles. The van der Waals surface area contributed by atoms with Crippen molar-refractivity contribution in [3.8, 4) is 0 Å². The zero-order valence-electron chi connectivity index (χ0n) is 11.5. The van der Waals surface area contributed by atoms with E-state index in [2.05, 4.69) is 11.5 Å². The number of carbonyl (C=O) groups excluding carboxylic acids is 2. The van der Waals surface area contributed by atoms with Crippen molar-refractivity contribution in [2.45, 2.75) is 33.7 Å². The van der Waals surface area contributed by atoms with Gasteiger partial charge < -0.3 is 4.57 Å². The van der Waals surface area contributed by atoms with Gasteiger partial charge in [0.05, 0.1) is 11.2 Å². The third-order valence-electron chi connectivity index (χ3n) is 3.13. The standard InChI is InChI=1S/C15H18N2O2/c1-4-9-16-10-8-13-14(16)6-5-7-15(13)17(11(2)18)12(3)19/h5-8,10H,4,9H2,1-3H3. The minimum atomic E-state index is -0.261. The first-order valence-electron chi connectivity index (χ1n) is 6.45. The molecule has 0 aliphatic rings. The van der Waals surface area contributed by atoms with Crippen LogP contribution in [-0.4, -0.2) is 16.4 Å². The van der Waals surface area contributed by atoms with Crippen molar-refractivity contribution in [1.82, 2.24) is 4.57 Å². The summed E-state index contributed by atoms with van der Waals surface area (Å²) in [5.74, 6) is -0.522. The number of imide groups is 1. The summed E-state index contributed by atoms with van der Waals surface area (Å²) < 4.78 is 2.14. The Morgan fingerprint density at radius 2 is 1.84 bits per heavy atom. The average molecular weight is 258 g/mol. The zero-order chi connectivity index (χ0) is 14.0. The highest BCUT2D eigenvalue weighted by atomic mass is 16.2. The van der Waals surface area contributed by atoms with Crippen LogP contribution in [0.4, 0.5) is 5.69 Å². The van der Waals surface area contributed by atoms with E-state index in [0.29, 0.717) is 5.69 Å². The van der Waals surface area contributed by atoms with E-state index in [1.54, 1.807) is 6.07 Å². The van der Waals surface area contributed by atoms with Gasteiger partial charge >= 0.3 is 0 Å². The average Bonchev–Trinajstić information content (AvgIpc) is 2.73. The topological polar surface area (TPSA) is 42.3 Å². The maximum absolute atomic E-state index is 11.7. The number of rotatable bonds is 3. The number of nitrogens with zero attached hydrogens (tertiary/aromatic N) is 2. The third kappa shape index (κ3) is 2.38. The SMILES string of the molecule is CCCn1ccc2c(N(C(C)=O)C(C)=O)cccc21. The van der Waals surface area contributed by atoms with Crippen molar-refractivity contribution in [3.05, 3.63) is 30.5 Å². The van der Waals surface area contributed by atoms with Crippen molar-refractivity contribution in [3.63, 3.8) is 0 Å². The molecule has 0 N–H and O–H groups in total. The zero-order valence-corrected chi connectivity index (χ0v) is 11.5. The van der Waals surface area contributed by atoms with Crippen LogP contribution in [0.15, 0.2) is 30.5 Å². The Bertz CT molecular complexity index is 614. The Morgan fingerprint density at radius 3 is 2.42 bits per heavy atom. The van der Waals surface area contributed by atoms with Crippen molar-refractivity contribution in [2.24, 2.45) is 0 Å². The van der Waals surface area contributed by atoms with Crippen LogP contribution >= 0.6 is 0 Å². The molecule has 0 fully saturated rings. The molecule has 2 rings (SSSR count). The summed E-state index contributed by atoms with van der Waals surface area (Å²) in [5.41, 5.74) is 1.71. The minimum Gasteiger partial charge on any atom is -0.347 e. The van der Waals surface area contributed by atoms with Crippen LogP contribution in [0.3, 0.4) is 0 Å². The lowest BCUT2D eigenvalue weighted by Gasteiger charge is -2.18. The van der Waals surface area contributed by atoms with E-state index in [9.17, 15) is 9.59 Å². The Hall–Kier alpha value is -2.10. The van der Waals surface area contributed by atoms with Gasteiger partial charge in [0.1, 0.15) is 0 Å². The molecule has 0 radical (unpaired) electrons. The summed E-state index contributed by atoms with van der Waals surface area (Å²) in [5, 5.41) is 0.932. The highest BCUT2D eigenvalue weighted by Gasteiger charge is 2.19. The smallest absolute Gasteiger partial charge is 0.230 e. The first kappa shape index (κ1) is 13.3. The molecule has 0 aliphatic carbocycles. The Labute approximate surface area is 112 Å². The predicted molar refractivity (Wildman–Crippen MR) is 76.1 cm³/mol. The molecule has 0 spiro atoms. The lowest BCUT2D eigenvalue weighted by atomic mass is 10.2. The number of amides is 2. The van der Waals surface area contributed by atoms with Crippen LogP contribution in [-0.2, 0) is 16.1 Å². The van der Waals surface area contributed by atoms with Gasteiger partial charge in [-0.3, -0.25) is 14.5 Å². The van der Waals surface area contributed by atoms with Gasteiger partial charge in [-0.05, 0) is 24.6 Å². The fourth-order valence-electron chi connectivity index (χ4n) is 2.40. The lowest BCUT2D eigenvalue weighted by molar-refractivity contribution is -0.124. The largest absolute Gasteiger partial charge is 0.347 e. The second kappa shape index (κ2) is 5.26. The van der Waals surface area contributed by atoms with Crippen LogP contribution in [0.25, 0.3) is 10.9 Å². The van der Waals surface area contributed by atoms with E-state index in [0.717, 1.165) is 23.9 Å². The quantitative estimate of drug-likeness (QED) is 0.849. The molecule has 4 nitrogen and oxygen atoms in total. The van der Waals surface area contributed by atoms with E-state index in [4.69, 9.17) is 0 Å². The van der Waals surface area contributed by atoms with Crippen LogP contribution < -0.4 is 4.90 Å². The molecule has 0 saturated carbocycles. The number of aromatic nitrogens is 1. The number of hydrogen-bond donors (Lipinski definition) is 0. The van der Waals surface area contributed by atoms with Crippen molar-refractivity contribution in [1.29, 1.82) is 0 Å². The normalized spacial score (nSPS) is 10.7. The molecule has 2 aromatic rings. The van der Waals surface area contributed by atoms with E-state index in [1.165, 1.54) is 18.7 Å². The third-order valence-corrected chi connectivity index (χ3v) is 3.13. The molecule has 0 atom stereocenters.